The third-order valence-corrected chi connectivity index (χ3v) is 2.08. The van der Waals surface area contributed by atoms with Crippen molar-refractivity contribution < 1.29 is 0 Å². The van der Waals surface area contributed by atoms with Crippen LogP contribution in [0.2, 0.25) is 0 Å². The fourth-order valence-electron chi connectivity index (χ4n) is 1.36. The first-order chi connectivity index (χ1) is 6.74. The highest BCUT2D eigenvalue weighted by atomic mass is 15.0. The summed E-state index contributed by atoms with van der Waals surface area (Å²) in [6.07, 6.45) is 8.07. The van der Waals surface area contributed by atoms with E-state index in [0.717, 1.165) is 12.1 Å². The van der Waals surface area contributed by atoms with Gasteiger partial charge in [0.2, 0.25) is 0 Å². The van der Waals surface area contributed by atoms with Gasteiger partial charge in [0.25, 0.3) is 0 Å². The predicted octanol–water partition coefficient (Wildman–Crippen LogP) is 2.09. The van der Waals surface area contributed by atoms with Gasteiger partial charge in [0, 0.05) is 30.7 Å². The van der Waals surface area contributed by atoms with E-state index in [1.54, 1.807) is 18.6 Å². The van der Waals surface area contributed by atoms with Gasteiger partial charge < -0.3 is 5.32 Å². The number of hydrogen-bond acceptors (Lipinski definition) is 3. The Morgan fingerprint density at radius 3 is 2.86 bits per heavy atom. The first-order valence-corrected chi connectivity index (χ1v) is 4.87. The lowest BCUT2D eigenvalue weighted by Gasteiger charge is -2.17. The number of aromatic nitrogens is 2. The quantitative estimate of drug-likeness (QED) is 0.724. The van der Waals surface area contributed by atoms with E-state index >= 15 is 0 Å². The highest BCUT2D eigenvalue weighted by molar-refractivity contribution is 5.01. The summed E-state index contributed by atoms with van der Waals surface area (Å²) < 4.78 is 0. The summed E-state index contributed by atoms with van der Waals surface area (Å²) in [4.78, 5) is 8.28. The van der Waals surface area contributed by atoms with E-state index in [1.807, 2.05) is 6.08 Å². The molecular formula is C11H17N3. The maximum absolute atomic E-state index is 4.24. The molecule has 0 bridgehead atoms. The third kappa shape index (κ3) is 3.26. The molecule has 3 nitrogen and oxygen atoms in total. The molecule has 0 aliphatic carbocycles. The maximum Gasteiger partial charge on any atom is 0.0753 e. The second-order valence-corrected chi connectivity index (χ2v) is 3.44. The summed E-state index contributed by atoms with van der Waals surface area (Å²) in [6, 6.07) is 0.656. The van der Waals surface area contributed by atoms with Crippen molar-refractivity contribution in [3.05, 3.63) is 36.9 Å². The highest BCUT2D eigenvalue weighted by Gasteiger charge is 2.08. The third-order valence-electron chi connectivity index (χ3n) is 2.08. The second-order valence-electron chi connectivity index (χ2n) is 3.44. The van der Waals surface area contributed by atoms with E-state index in [-0.39, 0.29) is 6.04 Å². The van der Waals surface area contributed by atoms with E-state index in [0.29, 0.717) is 6.04 Å². The highest BCUT2D eigenvalue weighted by Crippen LogP contribution is 2.08. The van der Waals surface area contributed by atoms with Gasteiger partial charge in [-0.1, -0.05) is 6.08 Å². The first-order valence-electron chi connectivity index (χ1n) is 4.87. The predicted molar refractivity (Wildman–Crippen MR) is 57.9 cm³/mol. The van der Waals surface area contributed by atoms with E-state index in [4.69, 9.17) is 0 Å². The summed E-state index contributed by atoms with van der Waals surface area (Å²) in [5.74, 6) is 0. The largest absolute Gasteiger partial charge is 0.306 e. The van der Waals surface area contributed by atoms with Crippen LogP contribution in [-0.2, 0) is 0 Å². The van der Waals surface area contributed by atoms with Crippen molar-refractivity contribution in [2.24, 2.45) is 0 Å². The standard InChI is InChI=1S/C11H17N3/c1-4-5-9(2)14-10(3)11-8-12-6-7-13-11/h4,6-10,14H,1,5H2,2-3H3. The molecule has 76 valence electrons. The molecule has 1 N–H and O–H groups in total. The Kier molecular flexibility index (Phi) is 4.26. The molecule has 1 rings (SSSR count). The average Bonchev–Trinajstić information content (AvgIpc) is 2.19. The van der Waals surface area contributed by atoms with Crippen LogP contribution in [0.25, 0.3) is 0 Å². The molecule has 0 saturated heterocycles. The lowest BCUT2D eigenvalue weighted by atomic mass is 10.2. The van der Waals surface area contributed by atoms with Crippen LogP contribution >= 0.6 is 0 Å². The fourth-order valence-corrected chi connectivity index (χ4v) is 1.36. The average molecular weight is 191 g/mol. The van der Waals surface area contributed by atoms with Crippen LogP contribution in [0, 0.1) is 0 Å². The molecule has 14 heavy (non-hydrogen) atoms. The van der Waals surface area contributed by atoms with Gasteiger partial charge in [-0.15, -0.1) is 6.58 Å². The molecule has 0 aromatic carbocycles. The van der Waals surface area contributed by atoms with Gasteiger partial charge in [0.05, 0.1) is 5.69 Å². The Bertz CT molecular complexity index is 271. The summed E-state index contributed by atoms with van der Waals surface area (Å²) in [6.45, 7) is 7.93. The second kappa shape index (κ2) is 5.50. The van der Waals surface area contributed by atoms with E-state index in [2.05, 4.69) is 35.7 Å². The molecule has 0 fully saturated rings. The molecule has 0 amide bonds. The van der Waals surface area contributed by atoms with Crippen LogP contribution in [0.4, 0.5) is 0 Å². The van der Waals surface area contributed by atoms with Crippen molar-refractivity contribution >= 4 is 0 Å². The molecule has 0 aliphatic rings. The van der Waals surface area contributed by atoms with E-state index in [1.165, 1.54) is 0 Å². The van der Waals surface area contributed by atoms with Crippen LogP contribution in [0.5, 0.6) is 0 Å². The SMILES string of the molecule is C=CCC(C)NC(C)c1cnccn1. The fraction of sp³-hybridized carbons (Fsp3) is 0.455. The minimum atomic E-state index is 0.235. The lowest BCUT2D eigenvalue weighted by Crippen LogP contribution is -2.28. The van der Waals surface area contributed by atoms with Crippen LogP contribution in [0.3, 0.4) is 0 Å². The van der Waals surface area contributed by atoms with Gasteiger partial charge in [0.15, 0.2) is 0 Å². The Labute approximate surface area is 85.3 Å². The van der Waals surface area contributed by atoms with Gasteiger partial charge >= 0.3 is 0 Å². The smallest absolute Gasteiger partial charge is 0.0753 e. The summed E-state index contributed by atoms with van der Waals surface area (Å²) >= 11 is 0. The monoisotopic (exact) mass is 191 g/mol. The van der Waals surface area contributed by atoms with Crippen LogP contribution in [0.1, 0.15) is 32.0 Å². The number of hydrogen-bond donors (Lipinski definition) is 1. The van der Waals surface area contributed by atoms with Crippen molar-refractivity contribution in [2.45, 2.75) is 32.4 Å². The molecule has 0 saturated carbocycles. The van der Waals surface area contributed by atoms with Crippen LogP contribution in [0.15, 0.2) is 31.2 Å². The van der Waals surface area contributed by atoms with Crippen molar-refractivity contribution in [3.63, 3.8) is 0 Å². The first kappa shape index (κ1) is 10.9. The van der Waals surface area contributed by atoms with Gasteiger partial charge in [-0.25, -0.2) is 0 Å². The van der Waals surface area contributed by atoms with E-state index < -0.39 is 0 Å². The van der Waals surface area contributed by atoms with Gasteiger partial charge in [-0.2, -0.15) is 0 Å². The summed E-state index contributed by atoms with van der Waals surface area (Å²) in [7, 11) is 0. The molecule has 1 aromatic rings. The van der Waals surface area contributed by atoms with Gasteiger partial charge in [-0.05, 0) is 20.3 Å². The molecule has 0 radical (unpaired) electrons. The lowest BCUT2D eigenvalue weighted by molar-refractivity contribution is 0.474. The Hall–Kier alpha value is -1.22. The zero-order valence-corrected chi connectivity index (χ0v) is 8.77. The minimum absolute atomic E-state index is 0.235. The Morgan fingerprint density at radius 1 is 1.50 bits per heavy atom. The van der Waals surface area contributed by atoms with Crippen LogP contribution in [-0.4, -0.2) is 16.0 Å². The minimum Gasteiger partial charge on any atom is -0.306 e. The molecule has 1 aromatic heterocycles. The molecular weight excluding hydrogens is 174 g/mol. The normalized spacial score (nSPS) is 14.7. The molecule has 1 heterocycles. The summed E-state index contributed by atoms with van der Waals surface area (Å²) in [5, 5.41) is 3.42. The number of nitrogens with zero attached hydrogens (tertiary/aromatic N) is 2. The van der Waals surface area contributed by atoms with Gasteiger partial charge in [0.1, 0.15) is 0 Å². The van der Waals surface area contributed by atoms with Crippen molar-refractivity contribution in [2.75, 3.05) is 0 Å². The van der Waals surface area contributed by atoms with Crippen LogP contribution < -0.4 is 5.32 Å². The van der Waals surface area contributed by atoms with E-state index in [9.17, 15) is 0 Å². The molecule has 3 heteroatoms. The van der Waals surface area contributed by atoms with Crippen molar-refractivity contribution in [1.82, 2.24) is 15.3 Å². The number of nitrogens with one attached hydrogen (secondary N) is 1. The number of rotatable bonds is 5. The molecule has 0 spiro atoms. The van der Waals surface area contributed by atoms with Crippen molar-refractivity contribution in [3.8, 4) is 0 Å². The zero-order valence-electron chi connectivity index (χ0n) is 8.77. The molecule has 0 aliphatic heterocycles. The molecule has 2 unspecified atom stereocenters. The van der Waals surface area contributed by atoms with Crippen molar-refractivity contribution in [1.29, 1.82) is 0 Å². The molecule has 2 atom stereocenters. The Balaban J connectivity index is 2.50. The zero-order chi connectivity index (χ0) is 10.4. The Morgan fingerprint density at radius 2 is 2.29 bits per heavy atom. The summed E-state index contributed by atoms with van der Waals surface area (Å²) in [5.41, 5.74) is 0.975. The topological polar surface area (TPSA) is 37.8 Å². The van der Waals surface area contributed by atoms with Gasteiger partial charge in [-0.3, -0.25) is 9.97 Å². The maximum atomic E-state index is 4.24.